The molecular formula is C36H38N4O2S. The van der Waals surface area contributed by atoms with E-state index in [1.165, 1.54) is 28.3 Å². The number of aromatic nitrogens is 3. The number of carbonyl (C=O) groups excluding carboxylic acids is 1. The predicted molar refractivity (Wildman–Crippen MR) is 174 cm³/mol. The molecule has 2 N–H and O–H groups in total. The highest BCUT2D eigenvalue weighted by atomic mass is 32.2. The summed E-state index contributed by atoms with van der Waals surface area (Å²) < 4.78 is 2.22. The van der Waals surface area contributed by atoms with Crippen molar-refractivity contribution in [1.29, 1.82) is 0 Å². The zero-order valence-electron chi connectivity index (χ0n) is 24.7. The number of phenolic OH excluding ortho intramolecular Hbond substituents is 1. The lowest BCUT2D eigenvalue weighted by molar-refractivity contribution is 0.0950. The van der Waals surface area contributed by atoms with Gasteiger partial charge in [-0.25, -0.2) is 0 Å². The molecule has 5 aromatic rings. The summed E-state index contributed by atoms with van der Waals surface area (Å²) in [7, 11) is 0. The van der Waals surface area contributed by atoms with Gasteiger partial charge in [0.25, 0.3) is 5.91 Å². The molecule has 0 aliphatic rings. The number of hydrogen-bond acceptors (Lipinski definition) is 5. The SMILES string of the molecule is Cc1cc(C)cc(CSc2nnc(C(CCCCNC(=O)c3ccccc3O)Cc3ccccc3)n2-c2ccccc2)c1. The number of carbonyl (C=O) groups is 1. The highest BCUT2D eigenvalue weighted by Crippen LogP contribution is 2.32. The Labute approximate surface area is 258 Å². The van der Waals surface area contributed by atoms with Crippen LogP contribution in [0.5, 0.6) is 5.75 Å². The molecule has 0 saturated carbocycles. The smallest absolute Gasteiger partial charge is 0.255 e. The van der Waals surface area contributed by atoms with Gasteiger partial charge in [0.15, 0.2) is 5.16 Å². The van der Waals surface area contributed by atoms with Crippen LogP contribution in [-0.4, -0.2) is 32.3 Å². The van der Waals surface area contributed by atoms with Crippen LogP contribution in [0.4, 0.5) is 0 Å². The molecule has 1 unspecified atom stereocenters. The highest BCUT2D eigenvalue weighted by Gasteiger charge is 2.23. The first-order valence-electron chi connectivity index (χ1n) is 14.8. The van der Waals surface area contributed by atoms with Crippen molar-refractivity contribution in [3.05, 3.63) is 137 Å². The van der Waals surface area contributed by atoms with Crippen molar-refractivity contribution in [2.75, 3.05) is 6.54 Å². The fraction of sp³-hybridized carbons (Fsp3) is 0.250. The summed E-state index contributed by atoms with van der Waals surface area (Å²) in [5.74, 6) is 1.64. The second-order valence-electron chi connectivity index (χ2n) is 11.0. The minimum atomic E-state index is -0.256. The lowest BCUT2D eigenvalue weighted by Gasteiger charge is -2.19. The van der Waals surface area contributed by atoms with Crippen LogP contribution in [-0.2, 0) is 12.2 Å². The van der Waals surface area contributed by atoms with E-state index in [1.54, 1.807) is 30.0 Å². The molecule has 0 bridgehead atoms. The van der Waals surface area contributed by atoms with E-state index in [1.807, 2.05) is 12.1 Å². The number of nitrogens with one attached hydrogen (secondary N) is 1. The van der Waals surface area contributed by atoms with Gasteiger partial charge in [0.1, 0.15) is 11.6 Å². The minimum absolute atomic E-state index is 0.00520. The summed E-state index contributed by atoms with van der Waals surface area (Å²) in [6.07, 6.45) is 3.47. The summed E-state index contributed by atoms with van der Waals surface area (Å²) >= 11 is 1.71. The molecule has 6 nitrogen and oxygen atoms in total. The average Bonchev–Trinajstić information content (AvgIpc) is 3.44. The van der Waals surface area contributed by atoms with Gasteiger partial charge in [-0.15, -0.1) is 10.2 Å². The zero-order chi connectivity index (χ0) is 30.0. The lowest BCUT2D eigenvalue weighted by Crippen LogP contribution is -2.24. The van der Waals surface area contributed by atoms with Crippen LogP contribution >= 0.6 is 11.8 Å². The highest BCUT2D eigenvalue weighted by molar-refractivity contribution is 7.98. The molecule has 5 rings (SSSR count). The second kappa shape index (κ2) is 14.7. The molecule has 1 atom stereocenters. The Hall–Kier alpha value is -4.36. The van der Waals surface area contributed by atoms with Crippen molar-refractivity contribution in [3.8, 4) is 11.4 Å². The van der Waals surface area contributed by atoms with Crippen LogP contribution < -0.4 is 5.32 Å². The molecule has 0 fully saturated rings. The van der Waals surface area contributed by atoms with Gasteiger partial charge in [-0.1, -0.05) is 108 Å². The Bertz CT molecular complexity index is 1620. The van der Waals surface area contributed by atoms with Crippen LogP contribution in [0.3, 0.4) is 0 Å². The number of unbranched alkanes of at least 4 members (excludes halogenated alkanes) is 1. The topological polar surface area (TPSA) is 80.0 Å². The maximum Gasteiger partial charge on any atom is 0.255 e. The molecule has 1 heterocycles. The molecule has 220 valence electrons. The standard InChI is InChI=1S/C36H38N4O2S/c1-26-21-27(2)23-29(22-26)25-43-36-39-38-34(40(36)31-16-7-4-8-17-31)30(24-28-13-5-3-6-14-28)15-11-12-20-37-35(42)32-18-9-10-19-33(32)41/h3-10,13-14,16-19,21-23,30,41H,11-12,15,20,24-25H2,1-2H3,(H,37,42). The summed E-state index contributed by atoms with van der Waals surface area (Å²) in [4.78, 5) is 12.5. The predicted octanol–water partition coefficient (Wildman–Crippen LogP) is 7.81. The maximum atomic E-state index is 12.5. The first kappa shape index (κ1) is 30.1. The van der Waals surface area contributed by atoms with Gasteiger partial charge in [-0.05, 0) is 68.5 Å². The molecule has 7 heteroatoms. The van der Waals surface area contributed by atoms with Crippen molar-refractivity contribution in [2.24, 2.45) is 0 Å². The molecule has 0 radical (unpaired) electrons. The van der Waals surface area contributed by atoms with Crippen molar-refractivity contribution in [2.45, 2.75) is 56.4 Å². The van der Waals surface area contributed by atoms with E-state index in [4.69, 9.17) is 10.2 Å². The number of rotatable bonds is 13. The number of benzene rings is 4. The molecule has 0 aliphatic heterocycles. The monoisotopic (exact) mass is 590 g/mol. The Morgan fingerprint density at radius 1 is 0.837 bits per heavy atom. The lowest BCUT2D eigenvalue weighted by atomic mass is 9.93. The third-order valence-electron chi connectivity index (χ3n) is 7.43. The van der Waals surface area contributed by atoms with Gasteiger partial charge < -0.3 is 10.4 Å². The van der Waals surface area contributed by atoms with Crippen LogP contribution in [0, 0.1) is 13.8 Å². The average molecular weight is 591 g/mol. The summed E-state index contributed by atoms with van der Waals surface area (Å²) in [6.45, 7) is 4.81. The summed E-state index contributed by atoms with van der Waals surface area (Å²) in [5, 5.41) is 23.4. The number of aromatic hydroxyl groups is 1. The first-order chi connectivity index (χ1) is 21.0. The molecule has 0 spiro atoms. The van der Waals surface area contributed by atoms with Crippen molar-refractivity contribution in [1.82, 2.24) is 20.1 Å². The number of thioether (sulfide) groups is 1. The van der Waals surface area contributed by atoms with Crippen LogP contribution in [0.25, 0.3) is 5.69 Å². The molecule has 0 aliphatic carbocycles. The number of hydrogen-bond donors (Lipinski definition) is 2. The second-order valence-corrected chi connectivity index (χ2v) is 11.9. The van der Waals surface area contributed by atoms with Crippen LogP contribution in [0.2, 0.25) is 0 Å². The Balaban J connectivity index is 1.34. The van der Waals surface area contributed by atoms with Crippen LogP contribution in [0.1, 0.15) is 63.6 Å². The molecule has 4 aromatic carbocycles. The van der Waals surface area contributed by atoms with Crippen molar-refractivity contribution in [3.63, 3.8) is 0 Å². The van der Waals surface area contributed by atoms with E-state index in [9.17, 15) is 9.90 Å². The van der Waals surface area contributed by atoms with Gasteiger partial charge in [0.2, 0.25) is 0 Å². The van der Waals surface area contributed by atoms with E-state index < -0.39 is 0 Å². The van der Waals surface area contributed by atoms with E-state index in [-0.39, 0.29) is 17.6 Å². The van der Waals surface area contributed by atoms with Crippen molar-refractivity contribution >= 4 is 17.7 Å². The summed E-state index contributed by atoms with van der Waals surface area (Å²) in [6, 6.07) is 34.2. The van der Waals surface area contributed by atoms with E-state index in [0.717, 1.165) is 48.1 Å². The van der Waals surface area contributed by atoms with E-state index >= 15 is 0 Å². The zero-order valence-corrected chi connectivity index (χ0v) is 25.6. The van der Waals surface area contributed by atoms with Gasteiger partial charge in [-0.2, -0.15) is 0 Å². The van der Waals surface area contributed by atoms with Gasteiger partial charge in [0, 0.05) is 23.9 Å². The molecular weight excluding hydrogens is 552 g/mol. The minimum Gasteiger partial charge on any atom is -0.507 e. The largest absolute Gasteiger partial charge is 0.507 e. The Kier molecular flexibility index (Phi) is 10.3. The fourth-order valence-electron chi connectivity index (χ4n) is 5.46. The molecule has 1 aromatic heterocycles. The maximum absolute atomic E-state index is 12.5. The van der Waals surface area contributed by atoms with E-state index in [0.29, 0.717) is 12.1 Å². The molecule has 43 heavy (non-hydrogen) atoms. The Morgan fingerprint density at radius 2 is 1.51 bits per heavy atom. The third-order valence-corrected chi connectivity index (χ3v) is 8.43. The number of nitrogens with zero attached hydrogens (tertiary/aromatic N) is 3. The normalized spacial score (nSPS) is 11.8. The molecule has 0 saturated heterocycles. The van der Waals surface area contributed by atoms with Gasteiger partial charge in [0.05, 0.1) is 5.56 Å². The molecule has 1 amide bonds. The number of amides is 1. The number of aryl methyl sites for hydroxylation is 2. The fourth-order valence-corrected chi connectivity index (χ4v) is 6.35. The quantitative estimate of drug-likeness (QED) is 0.108. The number of para-hydroxylation sites is 2. The van der Waals surface area contributed by atoms with Crippen molar-refractivity contribution < 1.29 is 9.90 Å². The van der Waals surface area contributed by atoms with E-state index in [2.05, 4.69) is 90.5 Å². The van der Waals surface area contributed by atoms with Crippen LogP contribution in [0.15, 0.2) is 108 Å². The van der Waals surface area contributed by atoms with Gasteiger partial charge in [-0.3, -0.25) is 9.36 Å². The first-order valence-corrected chi connectivity index (χ1v) is 15.8. The Morgan fingerprint density at radius 3 is 2.23 bits per heavy atom. The third kappa shape index (κ3) is 8.14. The van der Waals surface area contributed by atoms with Gasteiger partial charge >= 0.3 is 0 Å². The summed E-state index contributed by atoms with van der Waals surface area (Å²) in [5.41, 5.74) is 6.41. The number of phenols is 1.